The Kier molecular flexibility index (Phi) is 8.70. The monoisotopic (exact) mass is 508 g/mol. The van der Waals surface area contributed by atoms with Crippen LogP contribution in [0.5, 0.6) is 5.75 Å². The molecule has 0 fully saturated rings. The highest BCUT2D eigenvalue weighted by atomic mass is 79.9. The van der Waals surface area contributed by atoms with Crippen LogP contribution in [0.2, 0.25) is 0 Å². The van der Waals surface area contributed by atoms with Gasteiger partial charge in [-0.15, -0.1) is 12.4 Å². The lowest BCUT2D eigenvalue weighted by Gasteiger charge is -2.41. The Hall–Kier alpha value is -2.78. The smallest absolute Gasteiger partial charge is 0.255 e. The molecule has 2 aromatic rings. The molecule has 1 aliphatic heterocycles. The van der Waals surface area contributed by atoms with Gasteiger partial charge in [-0.1, -0.05) is 46.3 Å². The lowest BCUT2D eigenvalue weighted by atomic mass is 10.0. The number of alkyl halides is 1. The SMILES string of the molecule is CC1(CCCOc2ccccc2C(=O)NCBr)N=C(N)N=C(N)N1c1ccccc1.Cl. The van der Waals surface area contributed by atoms with Crippen molar-refractivity contribution in [1.82, 2.24) is 5.32 Å². The summed E-state index contributed by atoms with van der Waals surface area (Å²) < 4.78 is 5.90. The van der Waals surface area contributed by atoms with Gasteiger partial charge in [0.2, 0.25) is 11.9 Å². The number of amides is 1. The summed E-state index contributed by atoms with van der Waals surface area (Å²) >= 11 is 3.20. The highest BCUT2D eigenvalue weighted by molar-refractivity contribution is 9.09. The molecule has 0 aromatic heterocycles. The van der Waals surface area contributed by atoms with Gasteiger partial charge < -0.3 is 21.5 Å². The van der Waals surface area contributed by atoms with Gasteiger partial charge in [-0.05, 0) is 44.0 Å². The zero-order valence-corrected chi connectivity index (χ0v) is 19.5. The van der Waals surface area contributed by atoms with Crippen LogP contribution in [0.25, 0.3) is 0 Å². The predicted molar refractivity (Wildman–Crippen MR) is 130 cm³/mol. The van der Waals surface area contributed by atoms with Gasteiger partial charge in [0.05, 0.1) is 17.6 Å². The highest BCUT2D eigenvalue weighted by Crippen LogP contribution is 2.31. The number of nitrogens with two attached hydrogens (primary N) is 2. The minimum Gasteiger partial charge on any atom is -0.493 e. The first kappa shape index (κ1) is 24.5. The van der Waals surface area contributed by atoms with Crippen LogP contribution in [0.1, 0.15) is 30.1 Å². The van der Waals surface area contributed by atoms with Crippen molar-refractivity contribution in [2.24, 2.45) is 21.5 Å². The van der Waals surface area contributed by atoms with Gasteiger partial charge >= 0.3 is 0 Å². The maximum atomic E-state index is 12.2. The van der Waals surface area contributed by atoms with Crippen LogP contribution in [0, 0.1) is 0 Å². The summed E-state index contributed by atoms with van der Waals surface area (Å²) in [5, 5.41) is 2.72. The molecule has 3 rings (SSSR count). The number of para-hydroxylation sites is 2. The Morgan fingerprint density at radius 2 is 1.84 bits per heavy atom. The molecule has 0 aliphatic carbocycles. The normalized spacial score (nSPS) is 17.8. The molecule has 0 saturated heterocycles. The number of hydrogen-bond acceptors (Lipinski definition) is 7. The zero-order chi connectivity index (χ0) is 21.6. The number of halogens is 2. The molecule has 1 atom stereocenters. The molecule has 1 amide bonds. The first-order valence-electron chi connectivity index (χ1n) is 9.55. The molecule has 1 unspecified atom stereocenters. The maximum Gasteiger partial charge on any atom is 0.255 e. The second kappa shape index (κ2) is 11.0. The molecule has 5 N–H and O–H groups in total. The second-order valence-electron chi connectivity index (χ2n) is 6.92. The average Bonchev–Trinajstić information content (AvgIpc) is 2.72. The Balaban J connectivity index is 0.00000341. The number of rotatable bonds is 8. The third-order valence-electron chi connectivity index (χ3n) is 4.72. The number of carbonyl (C=O) groups is 1. The molecule has 0 spiro atoms. The average molecular weight is 510 g/mol. The molecular formula is C21H26BrClN6O2. The van der Waals surface area contributed by atoms with Crippen molar-refractivity contribution >= 4 is 51.9 Å². The molecular weight excluding hydrogens is 484 g/mol. The maximum absolute atomic E-state index is 12.2. The fraction of sp³-hybridized carbons (Fsp3) is 0.286. The van der Waals surface area contributed by atoms with Gasteiger partial charge in [0.25, 0.3) is 5.91 Å². The Bertz CT molecular complexity index is 956. The third kappa shape index (κ3) is 5.89. The number of benzene rings is 2. The van der Waals surface area contributed by atoms with Crippen LogP contribution in [-0.2, 0) is 0 Å². The molecule has 2 aromatic carbocycles. The van der Waals surface area contributed by atoms with Crippen molar-refractivity contribution in [3.63, 3.8) is 0 Å². The number of ether oxygens (including phenoxy) is 1. The largest absolute Gasteiger partial charge is 0.493 e. The van der Waals surface area contributed by atoms with Gasteiger partial charge in [0, 0.05) is 5.69 Å². The summed E-state index contributed by atoms with van der Waals surface area (Å²) in [7, 11) is 0. The lowest BCUT2D eigenvalue weighted by molar-refractivity contribution is 0.0957. The quantitative estimate of drug-likeness (QED) is 0.287. The number of anilines is 1. The third-order valence-corrected chi connectivity index (χ3v) is 5.00. The van der Waals surface area contributed by atoms with Crippen molar-refractivity contribution < 1.29 is 9.53 Å². The van der Waals surface area contributed by atoms with Gasteiger partial charge in [0.15, 0.2) is 0 Å². The van der Waals surface area contributed by atoms with Crippen LogP contribution in [-0.4, -0.2) is 35.6 Å². The van der Waals surface area contributed by atoms with Gasteiger partial charge in [-0.2, -0.15) is 4.99 Å². The predicted octanol–water partition coefficient (Wildman–Crippen LogP) is 3.22. The summed E-state index contributed by atoms with van der Waals surface area (Å²) in [6.45, 7) is 2.37. The fourth-order valence-electron chi connectivity index (χ4n) is 3.42. The molecule has 8 nitrogen and oxygen atoms in total. The zero-order valence-electron chi connectivity index (χ0n) is 17.1. The Morgan fingerprint density at radius 3 is 2.55 bits per heavy atom. The van der Waals surface area contributed by atoms with E-state index in [9.17, 15) is 4.79 Å². The van der Waals surface area contributed by atoms with Crippen molar-refractivity contribution in [2.75, 3.05) is 17.0 Å². The molecule has 0 bridgehead atoms. The van der Waals surface area contributed by atoms with E-state index in [0.29, 0.717) is 42.2 Å². The van der Waals surface area contributed by atoms with Gasteiger partial charge in [-0.25, -0.2) is 4.99 Å². The van der Waals surface area contributed by atoms with Crippen LogP contribution >= 0.6 is 28.3 Å². The van der Waals surface area contributed by atoms with E-state index in [-0.39, 0.29) is 24.3 Å². The van der Waals surface area contributed by atoms with Crippen molar-refractivity contribution in [2.45, 2.75) is 25.4 Å². The summed E-state index contributed by atoms with van der Waals surface area (Å²) in [5.41, 5.74) is 13.1. The van der Waals surface area contributed by atoms with Crippen LogP contribution in [0.4, 0.5) is 5.69 Å². The number of nitrogens with zero attached hydrogens (tertiary/aromatic N) is 3. The molecule has 31 heavy (non-hydrogen) atoms. The number of carbonyl (C=O) groups excluding carboxylic acids is 1. The highest BCUT2D eigenvalue weighted by Gasteiger charge is 2.37. The molecule has 10 heteroatoms. The number of aliphatic imine (C=N–C) groups is 2. The first-order chi connectivity index (χ1) is 14.4. The van der Waals surface area contributed by atoms with E-state index in [2.05, 4.69) is 31.2 Å². The number of hydrogen-bond donors (Lipinski definition) is 3. The summed E-state index contributed by atoms with van der Waals surface area (Å²) in [4.78, 5) is 22.8. The summed E-state index contributed by atoms with van der Waals surface area (Å²) in [5.74, 6) is 0.792. The fourth-order valence-corrected chi connectivity index (χ4v) is 3.67. The van der Waals surface area contributed by atoms with Crippen LogP contribution in [0.3, 0.4) is 0 Å². The first-order valence-corrected chi connectivity index (χ1v) is 10.7. The van der Waals surface area contributed by atoms with Gasteiger partial charge in [-0.3, -0.25) is 9.69 Å². The summed E-state index contributed by atoms with van der Waals surface area (Å²) in [6.07, 6.45) is 1.28. The molecule has 1 aliphatic rings. The van der Waals surface area contributed by atoms with E-state index in [1.165, 1.54) is 0 Å². The second-order valence-corrected chi connectivity index (χ2v) is 7.48. The molecule has 1 heterocycles. The van der Waals surface area contributed by atoms with Crippen LogP contribution < -0.4 is 26.4 Å². The van der Waals surface area contributed by atoms with E-state index in [1.807, 2.05) is 48.2 Å². The standard InChI is InChI=1S/C21H25BrN6O2.ClH/c1-21(27-19(23)26-20(24)28(21)15-8-3-2-4-9-15)12-7-13-30-17-11-6-5-10-16(17)18(29)25-14-22;/h2-6,8-11H,7,12-14H2,1H3,(H,25,29)(H4,23,24,26,27);1H. The van der Waals surface area contributed by atoms with E-state index in [0.717, 1.165) is 5.69 Å². The Morgan fingerprint density at radius 1 is 1.16 bits per heavy atom. The number of guanidine groups is 2. The molecule has 0 saturated carbocycles. The minimum atomic E-state index is -0.701. The van der Waals surface area contributed by atoms with E-state index in [4.69, 9.17) is 16.2 Å². The number of nitrogens with one attached hydrogen (secondary N) is 1. The minimum absolute atomic E-state index is 0. The summed E-state index contributed by atoms with van der Waals surface area (Å²) in [6, 6.07) is 16.9. The van der Waals surface area contributed by atoms with E-state index in [1.54, 1.807) is 18.2 Å². The lowest BCUT2D eigenvalue weighted by Crippen LogP contribution is -2.56. The molecule has 166 valence electrons. The van der Waals surface area contributed by atoms with Crippen molar-refractivity contribution in [1.29, 1.82) is 0 Å². The Labute approximate surface area is 196 Å². The van der Waals surface area contributed by atoms with Crippen LogP contribution in [0.15, 0.2) is 64.6 Å². The van der Waals surface area contributed by atoms with Crippen molar-refractivity contribution in [3.8, 4) is 5.75 Å². The van der Waals surface area contributed by atoms with E-state index >= 15 is 0 Å². The van der Waals surface area contributed by atoms with E-state index < -0.39 is 5.66 Å². The van der Waals surface area contributed by atoms with Gasteiger partial charge in [0.1, 0.15) is 11.4 Å². The molecule has 0 radical (unpaired) electrons. The topological polar surface area (TPSA) is 118 Å². The van der Waals surface area contributed by atoms with Crippen molar-refractivity contribution in [3.05, 3.63) is 60.2 Å².